The molecule has 15 heavy (non-hydrogen) atoms. The van der Waals surface area contributed by atoms with Crippen molar-refractivity contribution in [3.63, 3.8) is 0 Å². The zero-order chi connectivity index (χ0) is 10.7. The SMILES string of the molecule is Cc1cc(CCCCN)cc2c1OCC2. The van der Waals surface area contributed by atoms with Crippen LogP contribution in [0, 0.1) is 6.92 Å². The summed E-state index contributed by atoms with van der Waals surface area (Å²) < 4.78 is 5.59. The van der Waals surface area contributed by atoms with Crippen LogP contribution in [0.5, 0.6) is 5.75 Å². The van der Waals surface area contributed by atoms with Crippen LogP contribution in [-0.2, 0) is 12.8 Å². The molecule has 0 amide bonds. The summed E-state index contributed by atoms with van der Waals surface area (Å²) in [5.41, 5.74) is 9.60. The van der Waals surface area contributed by atoms with Gasteiger partial charge in [0, 0.05) is 6.42 Å². The average molecular weight is 205 g/mol. The number of rotatable bonds is 4. The van der Waals surface area contributed by atoms with Crippen molar-refractivity contribution in [1.29, 1.82) is 0 Å². The molecule has 1 heterocycles. The lowest BCUT2D eigenvalue weighted by molar-refractivity contribution is 0.354. The van der Waals surface area contributed by atoms with Crippen LogP contribution in [0.3, 0.4) is 0 Å². The topological polar surface area (TPSA) is 35.2 Å². The van der Waals surface area contributed by atoms with E-state index in [-0.39, 0.29) is 0 Å². The lowest BCUT2D eigenvalue weighted by atomic mass is 10.0. The lowest BCUT2D eigenvalue weighted by Gasteiger charge is -2.07. The van der Waals surface area contributed by atoms with Gasteiger partial charge < -0.3 is 10.5 Å². The summed E-state index contributed by atoms with van der Waals surface area (Å²) in [6.45, 7) is 3.78. The van der Waals surface area contributed by atoms with Gasteiger partial charge in [-0.3, -0.25) is 0 Å². The van der Waals surface area contributed by atoms with Gasteiger partial charge in [0.2, 0.25) is 0 Å². The molecule has 0 spiro atoms. The molecule has 0 aromatic heterocycles. The van der Waals surface area contributed by atoms with Crippen molar-refractivity contribution in [2.45, 2.75) is 32.6 Å². The van der Waals surface area contributed by atoms with E-state index >= 15 is 0 Å². The van der Waals surface area contributed by atoms with Gasteiger partial charge >= 0.3 is 0 Å². The number of aryl methyl sites for hydroxylation is 2. The van der Waals surface area contributed by atoms with E-state index in [1.165, 1.54) is 23.1 Å². The molecule has 0 saturated heterocycles. The van der Waals surface area contributed by atoms with Crippen molar-refractivity contribution in [2.24, 2.45) is 5.73 Å². The smallest absolute Gasteiger partial charge is 0.125 e. The van der Waals surface area contributed by atoms with E-state index in [9.17, 15) is 0 Å². The van der Waals surface area contributed by atoms with Gasteiger partial charge in [-0.05, 0) is 49.4 Å². The van der Waals surface area contributed by atoms with Gasteiger partial charge in [-0.25, -0.2) is 0 Å². The molecule has 0 unspecified atom stereocenters. The molecule has 2 N–H and O–H groups in total. The molecule has 2 heteroatoms. The molecule has 0 aliphatic carbocycles. The van der Waals surface area contributed by atoms with Crippen molar-refractivity contribution in [1.82, 2.24) is 0 Å². The first-order valence-electron chi connectivity index (χ1n) is 5.76. The molecule has 1 aliphatic rings. The Balaban J connectivity index is 2.09. The average Bonchev–Trinajstić information content (AvgIpc) is 2.66. The molecule has 2 rings (SSSR count). The van der Waals surface area contributed by atoms with Gasteiger partial charge in [0.15, 0.2) is 0 Å². The highest BCUT2D eigenvalue weighted by atomic mass is 16.5. The molecular formula is C13H19NO. The Kier molecular flexibility index (Phi) is 3.27. The van der Waals surface area contributed by atoms with Crippen molar-refractivity contribution in [3.8, 4) is 5.75 Å². The summed E-state index contributed by atoms with van der Waals surface area (Å²) in [6.07, 6.45) is 4.52. The zero-order valence-corrected chi connectivity index (χ0v) is 9.38. The minimum absolute atomic E-state index is 0.799. The highest BCUT2D eigenvalue weighted by molar-refractivity contribution is 5.46. The second kappa shape index (κ2) is 4.67. The summed E-state index contributed by atoms with van der Waals surface area (Å²) in [7, 11) is 0. The van der Waals surface area contributed by atoms with Crippen LogP contribution in [-0.4, -0.2) is 13.2 Å². The quantitative estimate of drug-likeness (QED) is 0.765. The number of benzene rings is 1. The summed E-state index contributed by atoms with van der Waals surface area (Å²) >= 11 is 0. The van der Waals surface area contributed by atoms with Crippen LogP contribution < -0.4 is 10.5 Å². The fraction of sp³-hybridized carbons (Fsp3) is 0.538. The van der Waals surface area contributed by atoms with Gasteiger partial charge in [0.05, 0.1) is 6.61 Å². The molecule has 0 saturated carbocycles. The van der Waals surface area contributed by atoms with E-state index in [1.54, 1.807) is 0 Å². The first-order valence-corrected chi connectivity index (χ1v) is 5.76. The third-order valence-electron chi connectivity index (χ3n) is 2.95. The molecule has 0 atom stereocenters. The molecular weight excluding hydrogens is 186 g/mol. The fourth-order valence-electron chi connectivity index (χ4n) is 2.20. The third-order valence-corrected chi connectivity index (χ3v) is 2.95. The number of unbranched alkanes of at least 4 members (excludes halogenated alkanes) is 1. The first-order chi connectivity index (χ1) is 7.31. The monoisotopic (exact) mass is 205 g/mol. The first kappa shape index (κ1) is 10.5. The summed E-state index contributed by atoms with van der Waals surface area (Å²) in [6, 6.07) is 4.55. The van der Waals surface area contributed by atoms with E-state index < -0.39 is 0 Å². The van der Waals surface area contributed by atoms with Gasteiger partial charge in [-0.2, -0.15) is 0 Å². The highest BCUT2D eigenvalue weighted by Crippen LogP contribution is 2.30. The number of nitrogens with two attached hydrogens (primary N) is 1. The minimum atomic E-state index is 0.799. The van der Waals surface area contributed by atoms with Crippen LogP contribution in [0.15, 0.2) is 12.1 Å². The maximum absolute atomic E-state index is 5.59. The van der Waals surface area contributed by atoms with Gasteiger partial charge in [-0.15, -0.1) is 0 Å². The normalized spacial score (nSPS) is 13.7. The summed E-state index contributed by atoms with van der Waals surface area (Å²) in [5, 5.41) is 0. The Morgan fingerprint density at radius 1 is 1.33 bits per heavy atom. The summed E-state index contributed by atoms with van der Waals surface area (Å²) in [4.78, 5) is 0. The van der Waals surface area contributed by atoms with Crippen LogP contribution >= 0.6 is 0 Å². The second-order valence-electron chi connectivity index (χ2n) is 4.25. The van der Waals surface area contributed by atoms with Crippen molar-refractivity contribution in [2.75, 3.05) is 13.2 Å². The van der Waals surface area contributed by atoms with Crippen molar-refractivity contribution in [3.05, 3.63) is 28.8 Å². The highest BCUT2D eigenvalue weighted by Gasteiger charge is 2.15. The zero-order valence-electron chi connectivity index (χ0n) is 9.38. The maximum Gasteiger partial charge on any atom is 0.125 e. The Morgan fingerprint density at radius 2 is 2.20 bits per heavy atom. The molecule has 82 valence electrons. The van der Waals surface area contributed by atoms with E-state index in [4.69, 9.17) is 10.5 Å². The Morgan fingerprint density at radius 3 is 3.00 bits per heavy atom. The van der Waals surface area contributed by atoms with Gasteiger partial charge in [-0.1, -0.05) is 12.1 Å². The molecule has 0 fully saturated rings. The standard InChI is InChI=1S/C13H19NO/c1-10-8-11(4-2-3-6-14)9-12-5-7-15-13(10)12/h8-9H,2-7,14H2,1H3. The number of fused-ring (bicyclic) bond motifs is 1. The van der Waals surface area contributed by atoms with Crippen LogP contribution in [0.25, 0.3) is 0 Å². The molecule has 1 aromatic rings. The number of hydrogen-bond acceptors (Lipinski definition) is 2. The third kappa shape index (κ3) is 2.32. The van der Waals surface area contributed by atoms with Crippen LogP contribution in [0.4, 0.5) is 0 Å². The van der Waals surface area contributed by atoms with Crippen molar-refractivity contribution >= 4 is 0 Å². The summed E-state index contributed by atoms with van der Waals surface area (Å²) in [5.74, 6) is 1.12. The fourth-order valence-corrected chi connectivity index (χ4v) is 2.20. The Hall–Kier alpha value is -1.02. The molecule has 1 aromatic carbocycles. The lowest BCUT2D eigenvalue weighted by Crippen LogP contribution is -1.99. The van der Waals surface area contributed by atoms with Crippen LogP contribution in [0.1, 0.15) is 29.5 Å². The van der Waals surface area contributed by atoms with Crippen LogP contribution in [0.2, 0.25) is 0 Å². The number of hydrogen-bond donors (Lipinski definition) is 1. The van der Waals surface area contributed by atoms with E-state index in [2.05, 4.69) is 19.1 Å². The van der Waals surface area contributed by atoms with Crippen molar-refractivity contribution < 1.29 is 4.74 Å². The van der Waals surface area contributed by atoms with Gasteiger partial charge in [0.1, 0.15) is 5.75 Å². The largest absolute Gasteiger partial charge is 0.493 e. The molecule has 1 aliphatic heterocycles. The van der Waals surface area contributed by atoms with Gasteiger partial charge in [0.25, 0.3) is 0 Å². The second-order valence-corrected chi connectivity index (χ2v) is 4.25. The molecule has 0 radical (unpaired) electrons. The number of ether oxygens (including phenoxy) is 1. The predicted octanol–water partition coefficient (Wildman–Crippen LogP) is 2.21. The minimum Gasteiger partial charge on any atom is -0.493 e. The molecule has 2 nitrogen and oxygen atoms in total. The Bertz CT molecular complexity index is 347. The van der Waals surface area contributed by atoms with E-state index in [0.717, 1.165) is 38.2 Å². The predicted molar refractivity (Wildman–Crippen MR) is 62.4 cm³/mol. The van der Waals surface area contributed by atoms with E-state index in [0.29, 0.717) is 0 Å². The maximum atomic E-state index is 5.59. The Labute approximate surface area is 91.4 Å². The van der Waals surface area contributed by atoms with E-state index in [1.807, 2.05) is 0 Å². The molecule has 0 bridgehead atoms.